The summed E-state index contributed by atoms with van der Waals surface area (Å²) < 4.78 is 5.37. The molecule has 0 atom stereocenters. The molecule has 0 saturated carbocycles. The molecule has 1 amide bonds. The van der Waals surface area contributed by atoms with Gasteiger partial charge in [0.15, 0.2) is 5.13 Å². The molecule has 0 bridgehead atoms. The number of ether oxygens (including phenoxy) is 1. The fourth-order valence-electron chi connectivity index (χ4n) is 2.93. The summed E-state index contributed by atoms with van der Waals surface area (Å²) in [5.41, 5.74) is 2.65. The number of nitrogens with one attached hydrogen (secondary N) is 2. The van der Waals surface area contributed by atoms with Crippen molar-refractivity contribution >= 4 is 34.2 Å². The maximum atomic E-state index is 12.3. The molecule has 0 radical (unpaired) electrons. The summed E-state index contributed by atoms with van der Waals surface area (Å²) >= 11 is 1.34. The zero-order chi connectivity index (χ0) is 22.6. The standard InChI is InChI=1S/C24H23N5O2S/c1-24(2,3)31-23(30)29-22-28-19(16-10-6-4-7-11-16)20(32-22)18-14-15-25-21(27-18)26-17-12-8-5-9-13-17/h4-15H,1-3H3,(H,25,26,27)(H,28,29,30). The molecule has 32 heavy (non-hydrogen) atoms. The third-order valence-electron chi connectivity index (χ3n) is 4.20. The highest BCUT2D eigenvalue weighted by molar-refractivity contribution is 7.19. The molecule has 2 N–H and O–H groups in total. The van der Waals surface area contributed by atoms with Gasteiger partial charge in [0, 0.05) is 17.4 Å². The molecule has 0 saturated heterocycles. The predicted octanol–water partition coefficient (Wildman–Crippen LogP) is 6.36. The van der Waals surface area contributed by atoms with Gasteiger partial charge in [0.05, 0.1) is 16.3 Å². The summed E-state index contributed by atoms with van der Waals surface area (Å²) in [6, 6.07) is 21.3. The number of nitrogens with zero attached hydrogens (tertiary/aromatic N) is 3. The molecule has 0 unspecified atom stereocenters. The van der Waals surface area contributed by atoms with Crippen molar-refractivity contribution in [2.75, 3.05) is 10.6 Å². The zero-order valence-corrected chi connectivity index (χ0v) is 18.8. The van der Waals surface area contributed by atoms with Crippen molar-refractivity contribution in [1.82, 2.24) is 15.0 Å². The summed E-state index contributed by atoms with van der Waals surface area (Å²) in [5, 5.41) is 6.39. The van der Waals surface area contributed by atoms with E-state index < -0.39 is 11.7 Å². The lowest BCUT2D eigenvalue weighted by Gasteiger charge is -2.18. The molecule has 0 aliphatic carbocycles. The maximum Gasteiger partial charge on any atom is 0.413 e. The fraction of sp³-hybridized carbons (Fsp3) is 0.167. The van der Waals surface area contributed by atoms with E-state index in [1.54, 1.807) is 6.20 Å². The number of aromatic nitrogens is 3. The second-order valence-corrected chi connectivity index (χ2v) is 8.95. The van der Waals surface area contributed by atoms with Crippen LogP contribution >= 0.6 is 11.3 Å². The summed E-state index contributed by atoms with van der Waals surface area (Å²) in [4.78, 5) is 26.8. The summed E-state index contributed by atoms with van der Waals surface area (Å²) in [6.07, 6.45) is 1.15. The minimum absolute atomic E-state index is 0.435. The van der Waals surface area contributed by atoms with E-state index in [2.05, 4.69) is 25.6 Å². The van der Waals surface area contributed by atoms with Crippen molar-refractivity contribution in [2.24, 2.45) is 0 Å². The molecule has 4 rings (SSSR count). The number of hydrogen-bond acceptors (Lipinski definition) is 7. The van der Waals surface area contributed by atoms with Crippen LogP contribution in [0.3, 0.4) is 0 Å². The van der Waals surface area contributed by atoms with Crippen LogP contribution in [0.5, 0.6) is 0 Å². The lowest BCUT2D eigenvalue weighted by molar-refractivity contribution is 0.0636. The highest BCUT2D eigenvalue weighted by Gasteiger charge is 2.21. The van der Waals surface area contributed by atoms with Gasteiger partial charge >= 0.3 is 6.09 Å². The predicted molar refractivity (Wildman–Crippen MR) is 128 cm³/mol. The Morgan fingerprint density at radius 2 is 1.62 bits per heavy atom. The molecule has 2 aromatic carbocycles. The molecule has 7 nitrogen and oxygen atoms in total. The third-order valence-corrected chi connectivity index (χ3v) is 5.19. The van der Waals surface area contributed by atoms with E-state index in [4.69, 9.17) is 4.74 Å². The van der Waals surface area contributed by atoms with Crippen molar-refractivity contribution in [1.29, 1.82) is 0 Å². The summed E-state index contributed by atoms with van der Waals surface area (Å²) in [6.45, 7) is 5.45. The lowest BCUT2D eigenvalue weighted by Crippen LogP contribution is -2.27. The molecule has 0 aliphatic heterocycles. The molecule has 4 aromatic rings. The van der Waals surface area contributed by atoms with Crippen LogP contribution in [-0.2, 0) is 4.74 Å². The van der Waals surface area contributed by atoms with Gasteiger partial charge in [0.1, 0.15) is 5.60 Å². The minimum atomic E-state index is -0.600. The van der Waals surface area contributed by atoms with E-state index in [1.165, 1.54) is 11.3 Å². The SMILES string of the molecule is CC(C)(C)OC(=O)Nc1nc(-c2ccccc2)c(-c2ccnc(Nc3ccccc3)n2)s1. The highest BCUT2D eigenvalue weighted by atomic mass is 32.1. The van der Waals surface area contributed by atoms with Crippen LogP contribution in [-0.4, -0.2) is 26.6 Å². The van der Waals surface area contributed by atoms with Crippen LogP contribution in [0.2, 0.25) is 0 Å². The molecular weight excluding hydrogens is 422 g/mol. The van der Waals surface area contributed by atoms with Crippen molar-refractivity contribution < 1.29 is 9.53 Å². The van der Waals surface area contributed by atoms with Crippen LogP contribution in [0.15, 0.2) is 72.9 Å². The van der Waals surface area contributed by atoms with Crippen molar-refractivity contribution in [3.8, 4) is 21.8 Å². The Kier molecular flexibility index (Phi) is 6.13. The van der Waals surface area contributed by atoms with E-state index in [1.807, 2.05) is 87.5 Å². The number of carbonyl (C=O) groups is 1. The van der Waals surface area contributed by atoms with Gasteiger partial charge in [-0.05, 0) is 39.0 Å². The van der Waals surface area contributed by atoms with Gasteiger partial charge in [-0.25, -0.2) is 19.7 Å². The molecule has 8 heteroatoms. The Balaban J connectivity index is 1.69. The Morgan fingerprint density at radius 1 is 0.938 bits per heavy atom. The largest absolute Gasteiger partial charge is 0.444 e. The Labute approximate surface area is 190 Å². The molecular formula is C24H23N5O2S. The number of carbonyl (C=O) groups excluding carboxylic acids is 1. The van der Waals surface area contributed by atoms with Crippen LogP contribution in [0, 0.1) is 0 Å². The molecule has 2 aromatic heterocycles. The molecule has 0 fully saturated rings. The highest BCUT2D eigenvalue weighted by Crippen LogP contribution is 2.38. The normalized spacial score (nSPS) is 11.1. The average Bonchev–Trinajstić information content (AvgIpc) is 3.17. The average molecular weight is 446 g/mol. The Morgan fingerprint density at radius 3 is 2.31 bits per heavy atom. The Hall–Kier alpha value is -3.78. The van der Waals surface area contributed by atoms with Gasteiger partial charge in [-0.3, -0.25) is 5.32 Å². The van der Waals surface area contributed by atoms with Crippen molar-refractivity contribution in [3.05, 3.63) is 72.9 Å². The monoisotopic (exact) mass is 445 g/mol. The Bertz CT molecular complexity index is 1200. The minimum Gasteiger partial charge on any atom is -0.444 e. The van der Waals surface area contributed by atoms with E-state index in [0.29, 0.717) is 16.8 Å². The van der Waals surface area contributed by atoms with Gasteiger partial charge in [-0.1, -0.05) is 59.9 Å². The topological polar surface area (TPSA) is 89.0 Å². The van der Waals surface area contributed by atoms with Gasteiger partial charge in [-0.2, -0.15) is 0 Å². The van der Waals surface area contributed by atoms with E-state index >= 15 is 0 Å². The van der Waals surface area contributed by atoms with Gasteiger partial charge in [0.2, 0.25) is 5.95 Å². The van der Waals surface area contributed by atoms with Gasteiger partial charge in [0.25, 0.3) is 0 Å². The van der Waals surface area contributed by atoms with Crippen LogP contribution in [0.25, 0.3) is 21.8 Å². The number of thiazole rings is 1. The van der Waals surface area contributed by atoms with E-state index in [0.717, 1.165) is 21.8 Å². The number of hydrogen-bond donors (Lipinski definition) is 2. The molecule has 0 aliphatic rings. The quantitative estimate of drug-likeness (QED) is 0.372. The lowest BCUT2D eigenvalue weighted by atomic mass is 10.1. The molecule has 2 heterocycles. The second kappa shape index (κ2) is 9.15. The third kappa shape index (κ3) is 5.47. The first-order valence-corrected chi connectivity index (χ1v) is 10.9. The van der Waals surface area contributed by atoms with Crippen LogP contribution < -0.4 is 10.6 Å². The van der Waals surface area contributed by atoms with Gasteiger partial charge in [-0.15, -0.1) is 0 Å². The fourth-order valence-corrected chi connectivity index (χ4v) is 3.87. The summed E-state index contributed by atoms with van der Waals surface area (Å²) in [7, 11) is 0. The number of anilines is 3. The van der Waals surface area contributed by atoms with E-state index in [-0.39, 0.29) is 0 Å². The first kappa shape index (κ1) is 21.5. The van der Waals surface area contributed by atoms with Crippen LogP contribution in [0.4, 0.5) is 21.6 Å². The number of benzene rings is 2. The van der Waals surface area contributed by atoms with Gasteiger partial charge < -0.3 is 10.1 Å². The zero-order valence-electron chi connectivity index (χ0n) is 18.0. The second-order valence-electron chi connectivity index (χ2n) is 7.95. The number of amides is 1. The first-order valence-electron chi connectivity index (χ1n) is 10.1. The maximum absolute atomic E-state index is 12.3. The van der Waals surface area contributed by atoms with E-state index in [9.17, 15) is 4.79 Å². The smallest absolute Gasteiger partial charge is 0.413 e. The van der Waals surface area contributed by atoms with Crippen molar-refractivity contribution in [3.63, 3.8) is 0 Å². The first-order chi connectivity index (χ1) is 15.4. The van der Waals surface area contributed by atoms with Crippen LogP contribution in [0.1, 0.15) is 20.8 Å². The van der Waals surface area contributed by atoms with Crippen molar-refractivity contribution in [2.45, 2.75) is 26.4 Å². The number of rotatable bonds is 5. The summed E-state index contributed by atoms with van der Waals surface area (Å²) in [5.74, 6) is 0.475. The molecule has 162 valence electrons. The molecule has 0 spiro atoms. The number of para-hydroxylation sites is 1.